The number of aliphatic carboxylic acids is 1. The Hall–Kier alpha value is -1.57. The second-order valence-corrected chi connectivity index (χ2v) is 7.68. The van der Waals surface area contributed by atoms with Gasteiger partial charge >= 0.3 is 5.97 Å². The summed E-state index contributed by atoms with van der Waals surface area (Å²) >= 11 is 6.02. The molecule has 2 aliphatic rings. The van der Waals surface area contributed by atoms with Crippen LogP contribution in [0.2, 0.25) is 11.3 Å². The maximum absolute atomic E-state index is 13.0. The van der Waals surface area contributed by atoms with Crippen molar-refractivity contribution < 1.29 is 14.7 Å². The minimum Gasteiger partial charge on any atom is -0.480 e. The van der Waals surface area contributed by atoms with Crippen LogP contribution < -0.4 is 11.1 Å². The number of fused-ring (bicyclic) bond motifs is 1. The molecule has 0 aliphatic carbocycles. The zero-order valence-electron chi connectivity index (χ0n) is 14.6. The molecule has 8 heteroatoms. The topological polar surface area (TPSA) is 95.7 Å². The van der Waals surface area contributed by atoms with E-state index in [1.54, 1.807) is 4.90 Å². The molecule has 26 heavy (non-hydrogen) atoms. The zero-order chi connectivity index (χ0) is 18.9. The predicted molar refractivity (Wildman–Crippen MR) is 100 cm³/mol. The summed E-state index contributed by atoms with van der Waals surface area (Å²) in [7, 11) is 5.55. The number of carboxylic acid groups (broad SMARTS) is 1. The third-order valence-corrected chi connectivity index (χ3v) is 5.75. The molecule has 0 aromatic heterocycles. The summed E-state index contributed by atoms with van der Waals surface area (Å²) in [5, 5.41) is 13.5. The second kappa shape index (κ2) is 7.58. The lowest BCUT2D eigenvalue weighted by Crippen LogP contribution is -2.56. The molecule has 2 radical (unpaired) electrons. The molecule has 1 saturated heterocycles. The standard InChI is InChI=1S/C18H23BClN3O3/c19-5-1-2-13-9-23(10-18(13,21)17(25)26)16(24)15-7-11-3-4-14(20)6-12(11)8-22-15/h3-4,6,13,15,22H,1-2,5,7-10,21H2,(H,25,26)/t13-,15?,18-/m0/s1. The Labute approximate surface area is 159 Å². The first kappa shape index (κ1) is 19.2. The number of carbonyl (C=O) groups is 2. The average Bonchev–Trinajstić information content (AvgIpc) is 2.97. The Bertz CT molecular complexity index is 717. The Morgan fingerprint density at radius 1 is 1.42 bits per heavy atom. The molecule has 3 rings (SSSR count). The van der Waals surface area contributed by atoms with Crippen molar-refractivity contribution in [2.45, 2.75) is 43.7 Å². The first-order valence-electron chi connectivity index (χ1n) is 8.87. The van der Waals surface area contributed by atoms with Crippen molar-refractivity contribution in [1.29, 1.82) is 0 Å². The summed E-state index contributed by atoms with van der Waals surface area (Å²) in [6.45, 7) is 0.943. The normalized spacial score (nSPS) is 28.0. The number of carboxylic acids is 1. The van der Waals surface area contributed by atoms with Crippen molar-refractivity contribution in [3.63, 3.8) is 0 Å². The molecule has 1 amide bonds. The zero-order valence-corrected chi connectivity index (χ0v) is 15.3. The number of rotatable bonds is 5. The number of nitrogens with zero attached hydrogens (tertiary/aromatic N) is 1. The molecule has 2 aliphatic heterocycles. The van der Waals surface area contributed by atoms with Crippen LogP contribution in [0.5, 0.6) is 0 Å². The van der Waals surface area contributed by atoms with Gasteiger partial charge in [-0.3, -0.25) is 9.59 Å². The molecule has 0 saturated carbocycles. The van der Waals surface area contributed by atoms with Gasteiger partial charge in [-0.1, -0.05) is 30.4 Å². The van der Waals surface area contributed by atoms with Crippen LogP contribution in [0.15, 0.2) is 18.2 Å². The van der Waals surface area contributed by atoms with Gasteiger partial charge in [0.2, 0.25) is 5.91 Å². The van der Waals surface area contributed by atoms with E-state index in [4.69, 9.17) is 25.2 Å². The summed E-state index contributed by atoms with van der Waals surface area (Å²) < 4.78 is 0. The van der Waals surface area contributed by atoms with Gasteiger partial charge in [0.25, 0.3) is 0 Å². The molecule has 1 aromatic carbocycles. The first-order chi connectivity index (χ1) is 12.3. The van der Waals surface area contributed by atoms with Crippen LogP contribution in [-0.2, 0) is 22.6 Å². The van der Waals surface area contributed by atoms with Crippen LogP contribution in [0.25, 0.3) is 0 Å². The van der Waals surface area contributed by atoms with Crippen LogP contribution in [0.4, 0.5) is 0 Å². The Morgan fingerprint density at radius 3 is 2.88 bits per heavy atom. The summed E-state index contributed by atoms with van der Waals surface area (Å²) in [6.07, 6.45) is 2.32. The van der Waals surface area contributed by atoms with E-state index in [0.29, 0.717) is 43.7 Å². The van der Waals surface area contributed by atoms with Gasteiger partial charge in [-0.15, -0.1) is 0 Å². The monoisotopic (exact) mass is 375 g/mol. The quantitative estimate of drug-likeness (QED) is 0.666. The highest BCUT2D eigenvalue weighted by atomic mass is 35.5. The number of hydrogen-bond acceptors (Lipinski definition) is 4. The van der Waals surface area contributed by atoms with Gasteiger partial charge in [-0.25, -0.2) is 0 Å². The SMILES string of the molecule is [B]CCC[C@H]1CN(C(=O)C2Cc3ccc(Cl)cc3CN2)C[C@@]1(N)C(=O)O. The Balaban J connectivity index is 1.72. The summed E-state index contributed by atoms with van der Waals surface area (Å²) in [6, 6.07) is 5.28. The van der Waals surface area contributed by atoms with Crippen molar-refractivity contribution >= 4 is 31.3 Å². The lowest BCUT2D eigenvalue weighted by molar-refractivity contribution is -0.144. The van der Waals surface area contributed by atoms with Crippen molar-refractivity contribution in [3.05, 3.63) is 34.3 Å². The Morgan fingerprint density at radius 2 is 2.19 bits per heavy atom. The number of halogens is 1. The van der Waals surface area contributed by atoms with Crippen molar-refractivity contribution in [2.24, 2.45) is 11.7 Å². The molecule has 2 heterocycles. The highest BCUT2D eigenvalue weighted by Gasteiger charge is 2.51. The van der Waals surface area contributed by atoms with Crippen molar-refractivity contribution in [1.82, 2.24) is 10.2 Å². The van der Waals surface area contributed by atoms with E-state index >= 15 is 0 Å². The van der Waals surface area contributed by atoms with Crippen LogP contribution >= 0.6 is 11.6 Å². The number of nitrogens with one attached hydrogen (secondary N) is 1. The number of likely N-dealkylation sites (tertiary alicyclic amines) is 1. The molecule has 1 unspecified atom stereocenters. The van der Waals surface area contributed by atoms with E-state index in [1.165, 1.54) is 0 Å². The molecule has 0 bridgehead atoms. The van der Waals surface area contributed by atoms with E-state index < -0.39 is 11.5 Å². The van der Waals surface area contributed by atoms with Gasteiger partial charge in [0.1, 0.15) is 5.54 Å². The van der Waals surface area contributed by atoms with Crippen molar-refractivity contribution in [3.8, 4) is 0 Å². The molecule has 6 nitrogen and oxygen atoms in total. The van der Waals surface area contributed by atoms with E-state index in [9.17, 15) is 14.7 Å². The molecule has 0 spiro atoms. The van der Waals surface area contributed by atoms with E-state index in [1.807, 2.05) is 18.2 Å². The van der Waals surface area contributed by atoms with Gasteiger partial charge < -0.3 is 21.1 Å². The van der Waals surface area contributed by atoms with Gasteiger partial charge in [-0.2, -0.15) is 0 Å². The van der Waals surface area contributed by atoms with Crippen LogP contribution in [0.1, 0.15) is 24.0 Å². The smallest absolute Gasteiger partial charge is 0.325 e. The first-order valence-corrected chi connectivity index (χ1v) is 9.24. The fourth-order valence-electron chi connectivity index (χ4n) is 3.94. The number of nitrogens with two attached hydrogens (primary N) is 1. The van der Waals surface area contributed by atoms with Crippen molar-refractivity contribution in [2.75, 3.05) is 13.1 Å². The third-order valence-electron chi connectivity index (χ3n) is 5.52. The minimum absolute atomic E-state index is 0.0298. The number of hydrogen-bond donors (Lipinski definition) is 3. The maximum Gasteiger partial charge on any atom is 0.325 e. The molecule has 138 valence electrons. The molecular formula is C18H23BClN3O3. The molecule has 1 aromatic rings. The highest BCUT2D eigenvalue weighted by molar-refractivity contribution is 6.30. The summed E-state index contributed by atoms with van der Waals surface area (Å²) in [4.78, 5) is 26.3. The average molecular weight is 376 g/mol. The number of benzene rings is 1. The highest BCUT2D eigenvalue weighted by Crippen LogP contribution is 2.31. The maximum atomic E-state index is 13.0. The summed E-state index contributed by atoms with van der Waals surface area (Å²) in [5.41, 5.74) is 6.93. The fraction of sp³-hybridized carbons (Fsp3) is 0.556. The fourth-order valence-corrected chi connectivity index (χ4v) is 4.13. The predicted octanol–water partition coefficient (Wildman–Crippen LogP) is 0.962. The van der Waals surface area contributed by atoms with E-state index in [2.05, 4.69) is 5.32 Å². The largest absolute Gasteiger partial charge is 0.480 e. The number of amides is 1. The third kappa shape index (κ3) is 3.61. The number of carbonyl (C=O) groups excluding carboxylic acids is 1. The van der Waals surface area contributed by atoms with Gasteiger partial charge in [0.15, 0.2) is 0 Å². The summed E-state index contributed by atoms with van der Waals surface area (Å²) in [5.74, 6) is -1.45. The molecule has 4 N–H and O–H groups in total. The van der Waals surface area contributed by atoms with Gasteiger partial charge in [0, 0.05) is 30.6 Å². The second-order valence-electron chi connectivity index (χ2n) is 7.24. The molecule has 1 fully saturated rings. The van der Waals surface area contributed by atoms with E-state index in [-0.39, 0.29) is 24.4 Å². The van der Waals surface area contributed by atoms with Crippen LogP contribution in [0.3, 0.4) is 0 Å². The van der Waals surface area contributed by atoms with Gasteiger partial charge in [-0.05, 0) is 36.1 Å². The lowest BCUT2D eigenvalue weighted by atomic mass is 9.83. The molecular weight excluding hydrogens is 352 g/mol. The van der Waals surface area contributed by atoms with Crippen LogP contribution in [0, 0.1) is 5.92 Å². The van der Waals surface area contributed by atoms with E-state index in [0.717, 1.165) is 11.1 Å². The lowest BCUT2D eigenvalue weighted by Gasteiger charge is -2.29. The van der Waals surface area contributed by atoms with Crippen LogP contribution in [-0.4, -0.2) is 54.4 Å². The minimum atomic E-state index is -1.41. The van der Waals surface area contributed by atoms with Gasteiger partial charge in [0.05, 0.1) is 13.9 Å². The Kier molecular flexibility index (Phi) is 5.60. The molecule has 3 atom stereocenters.